The van der Waals surface area contributed by atoms with Gasteiger partial charge in [0, 0.05) is 6.04 Å². The van der Waals surface area contributed by atoms with E-state index in [1.807, 2.05) is 13.8 Å². The molecule has 1 N–H and O–H groups in total. The van der Waals surface area contributed by atoms with Gasteiger partial charge in [0.2, 0.25) is 0 Å². The molecule has 0 bridgehead atoms. The molecule has 1 rings (SSSR count). The van der Waals surface area contributed by atoms with Crippen molar-refractivity contribution in [3.05, 3.63) is 16.3 Å². The maximum Gasteiger partial charge on any atom is 0.343 e. The number of rotatable bonds is 1. The van der Waals surface area contributed by atoms with Crippen LogP contribution in [0, 0.1) is 6.92 Å². The molecular weight excluding hydrogens is 130 g/mol. The number of H-pyrrole nitrogens is 1. The maximum absolute atomic E-state index is 10.9. The number of hydrogen-bond donors (Lipinski definition) is 1. The summed E-state index contributed by atoms with van der Waals surface area (Å²) in [6.07, 6.45) is 0. The van der Waals surface area contributed by atoms with Crippen molar-refractivity contribution in [2.75, 3.05) is 0 Å². The highest BCUT2D eigenvalue weighted by atomic mass is 16.1. The van der Waals surface area contributed by atoms with Crippen LogP contribution in [0.5, 0.6) is 0 Å². The number of aromatic nitrogens is 3. The second kappa shape index (κ2) is 2.28. The van der Waals surface area contributed by atoms with Crippen LogP contribution in [0.15, 0.2) is 4.79 Å². The molecule has 0 aliphatic carbocycles. The molecule has 1 heterocycles. The lowest BCUT2D eigenvalue weighted by molar-refractivity contribution is 0.564. The zero-order chi connectivity index (χ0) is 7.72. The number of aromatic amines is 1. The third-order valence-electron chi connectivity index (χ3n) is 1.40. The Kier molecular flexibility index (Phi) is 1.61. The van der Waals surface area contributed by atoms with E-state index in [4.69, 9.17) is 0 Å². The van der Waals surface area contributed by atoms with Gasteiger partial charge in [0.05, 0.1) is 0 Å². The van der Waals surface area contributed by atoms with Gasteiger partial charge in [0.15, 0.2) is 0 Å². The molecular formula is C6H11N3O. The maximum atomic E-state index is 10.9. The number of aryl methyl sites for hydroxylation is 1. The summed E-state index contributed by atoms with van der Waals surface area (Å²) in [5, 5.41) is 6.14. The van der Waals surface area contributed by atoms with Gasteiger partial charge in [-0.05, 0) is 20.8 Å². The largest absolute Gasteiger partial charge is 0.343 e. The second-order valence-electron chi connectivity index (χ2n) is 2.54. The van der Waals surface area contributed by atoms with Gasteiger partial charge >= 0.3 is 5.69 Å². The summed E-state index contributed by atoms with van der Waals surface area (Å²) in [5.41, 5.74) is -0.132. The van der Waals surface area contributed by atoms with Crippen LogP contribution in [0.3, 0.4) is 0 Å². The summed E-state index contributed by atoms with van der Waals surface area (Å²) in [6.45, 7) is 5.70. The lowest BCUT2D eigenvalue weighted by Gasteiger charge is -2.04. The van der Waals surface area contributed by atoms with Gasteiger partial charge in [-0.1, -0.05) is 0 Å². The molecule has 0 fully saturated rings. The summed E-state index contributed by atoms with van der Waals surface area (Å²) in [4.78, 5) is 10.9. The molecule has 0 spiro atoms. The van der Waals surface area contributed by atoms with Crippen molar-refractivity contribution < 1.29 is 0 Å². The quantitative estimate of drug-likeness (QED) is 0.617. The lowest BCUT2D eigenvalue weighted by atomic mass is 10.4. The molecule has 0 aromatic carbocycles. The Hall–Kier alpha value is -1.06. The van der Waals surface area contributed by atoms with Gasteiger partial charge in [0.25, 0.3) is 0 Å². The van der Waals surface area contributed by atoms with Crippen LogP contribution in [-0.2, 0) is 0 Å². The van der Waals surface area contributed by atoms with Crippen molar-refractivity contribution in [1.29, 1.82) is 0 Å². The average Bonchev–Trinajstić information content (AvgIpc) is 2.11. The zero-order valence-electron chi connectivity index (χ0n) is 6.38. The highest BCUT2D eigenvalue weighted by molar-refractivity contribution is 4.83. The Labute approximate surface area is 58.9 Å². The van der Waals surface area contributed by atoms with E-state index < -0.39 is 0 Å². The Morgan fingerprint density at radius 3 is 2.40 bits per heavy atom. The highest BCUT2D eigenvalue weighted by Crippen LogP contribution is 2.00. The van der Waals surface area contributed by atoms with E-state index in [0.29, 0.717) is 0 Å². The fourth-order valence-corrected chi connectivity index (χ4v) is 0.992. The van der Waals surface area contributed by atoms with Crippen LogP contribution in [0.1, 0.15) is 25.7 Å². The van der Waals surface area contributed by atoms with Crippen molar-refractivity contribution in [3.8, 4) is 0 Å². The smallest absolute Gasteiger partial charge is 0.277 e. The number of nitrogens with one attached hydrogen (secondary N) is 1. The third kappa shape index (κ3) is 0.964. The fourth-order valence-electron chi connectivity index (χ4n) is 0.992. The molecule has 0 saturated carbocycles. The van der Waals surface area contributed by atoms with Gasteiger partial charge in [-0.3, -0.25) is 4.57 Å². The highest BCUT2D eigenvalue weighted by Gasteiger charge is 2.05. The molecule has 0 aliphatic heterocycles. The van der Waals surface area contributed by atoms with Crippen molar-refractivity contribution in [2.24, 2.45) is 0 Å². The van der Waals surface area contributed by atoms with Crippen LogP contribution in [0.4, 0.5) is 0 Å². The summed E-state index contributed by atoms with van der Waals surface area (Å²) in [6, 6.07) is 0.186. The number of hydrogen-bond acceptors (Lipinski definition) is 2. The number of nitrogens with zero attached hydrogens (tertiary/aromatic N) is 2. The van der Waals surface area contributed by atoms with Crippen molar-refractivity contribution in [2.45, 2.75) is 26.8 Å². The van der Waals surface area contributed by atoms with E-state index in [0.717, 1.165) is 5.82 Å². The molecule has 10 heavy (non-hydrogen) atoms. The first kappa shape index (κ1) is 7.05. The summed E-state index contributed by atoms with van der Waals surface area (Å²) in [7, 11) is 0. The summed E-state index contributed by atoms with van der Waals surface area (Å²) >= 11 is 0. The van der Waals surface area contributed by atoms with Gasteiger partial charge in [0.1, 0.15) is 5.82 Å². The van der Waals surface area contributed by atoms with E-state index in [-0.39, 0.29) is 11.7 Å². The normalized spacial score (nSPS) is 10.8. The van der Waals surface area contributed by atoms with E-state index in [1.165, 1.54) is 0 Å². The van der Waals surface area contributed by atoms with E-state index in [9.17, 15) is 4.79 Å². The van der Waals surface area contributed by atoms with Crippen LogP contribution < -0.4 is 5.69 Å². The molecule has 4 heteroatoms. The first-order chi connectivity index (χ1) is 4.63. The van der Waals surface area contributed by atoms with Gasteiger partial charge in [-0.15, -0.1) is 0 Å². The van der Waals surface area contributed by atoms with Gasteiger partial charge in [-0.25, -0.2) is 9.89 Å². The van der Waals surface area contributed by atoms with Crippen molar-refractivity contribution >= 4 is 0 Å². The summed E-state index contributed by atoms with van der Waals surface area (Å²) < 4.78 is 1.61. The average molecular weight is 141 g/mol. The van der Waals surface area contributed by atoms with Crippen LogP contribution in [0.2, 0.25) is 0 Å². The lowest BCUT2D eigenvalue weighted by Crippen LogP contribution is -2.19. The van der Waals surface area contributed by atoms with Crippen LogP contribution >= 0.6 is 0 Å². The molecule has 0 saturated heterocycles. The SMILES string of the molecule is Cc1n[nH]c(=O)n1C(C)C. The van der Waals surface area contributed by atoms with E-state index in [2.05, 4.69) is 10.2 Å². The Balaban J connectivity index is 3.23. The van der Waals surface area contributed by atoms with Crippen LogP contribution in [-0.4, -0.2) is 14.8 Å². The van der Waals surface area contributed by atoms with E-state index >= 15 is 0 Å². The minimum Gasteiger partial charge on any atom is -0.277 e. The molecule has 0 radical (unpaired) electrons. The summed E-state index contributed by atoms with van der Waals surface area (Å²) in [5.74, 6) is 0.736. The standard InChI is InChI=1S/C6H11N3O/c1-4(2)9-5(3)7-8-6(9)10/h4H,1-3H3,(H,8,10). The Bertz CT molecular complexity index is 271. The molecule has 0 atom stereocenters. The molecule has 0 unspecified atom stereocenters. The van der Waals surface area contributed by atoms with Gasteiger partial charge < -0.3 is 0 Å². The zero-order valence-corrected chi connectivity index (χ0v) is 6.38. The molecule has 0 aliphatic rings. The first-order valence-electron chi connectivity index (χ1n) is 3.26. The topological polar surface area (TPSA) is 50.7 Å². The first-order valence-corrected chi connectivity index (χ1v) is 3.26. The minimum atomic E-state index is -0.132. The van der Waals surface area contributed by atoms with E-state index in [1.54, 1.807) is 11.5 Å². The Morgan fingerprint density at radius 2 is 2.20 bits per heavy atom. The third-order valence-corrected chi connectivity index (χ3v) is 1.40. The fraction of sp³-hybridized carbons (Fsp3) is 0.667. The molecule has 56 valence electrons. The molecule has 1 aromatic rings. The second-order valence-corrected chi connectivity index (χ2v) is 2.54. The minimum absolute atomic E-state index is 0.132. The molecule has 0 amide bonds. The predicted molar refractivity (Wildman–Crippen MR) is 38.0 cm³/mol. The Morgan fingerprint density at radius 1 is 1.60 bits per heavy atom. The van der Waals surface area contributed by atoms with Crippen molar-refractivity contribution in [1.82, 2.24) is 14.8 Å². The predicted octanol–water partition coefficient (Wildman–Crippen LogP) is 0.461. The molecule has 4 nitrogen and oxygen atoms in total. The van der Waals surface area contributed by atoms with Crippen molar-refractivity contribution in [3.63, 3.8) is 0 Å². The van der Waals surface area contributed by atoms with Gasteiger partial charge in [-0.2, -0.15) is 5.10 Å². The monoisotopic (exact) mass is 141 g/mol. The molecule has 1 aromatic heterocycles. The van der Waals surface area contributed by atoms with Crippen LogP contribution in [0.25, 0.3) is 0 Å².